The average Bonchev–Trinajstić information content (AvgIpc) is 2.72. The number of carbonyl (C=O) groups is 2. The van der Waals surface area contributed by atoms with Gasteiger partial charge in [-0.1, -0.05) is 31.2 Å². The summed E-state index contributed by atoms with van der Waals surface area (Å²) >= 11 is 0. The van der Waals surface area contributed by atoms with Crippen molar-refractivity contribution < 1.29 is 28.9 Å². The SMILES string of the molecule is CCCOc1ccc(C(CC(=O)O)NC(=O)CCOc2ccccc2)cc1OC. The lowest BCUT2D eigenvalue weighted by Crippen LogP contribution is -2.31. The zero-order chi connectivity index (χ0) is 21.1. The molecule has 0 bridgehead atoms. The van der Waals surface area contributed by atoms with Crippen molar-refractivity contribution in [2.45, 2.75) is 32.2 Å². The van der Waals surface area contributed by atoms with Gasteiger partial charge in [0, 0.05) is 0 Å². The van der Waals surface area contributed by atoms with Gasteiger partial charge in [-0.05, 0) is 36.2 Å². The first-order valence-corrected chi connectivity index (χ1v) is 9.53. The molecule has 0 aliphatic rings. The predicted molar refractivity (Wildman–Crippen MR) is 108 cm³/mol. The predicted octanol–water partition coefficient (Wildman–Crippen LogP) is 3.59. The van der Waals surface area contributed by atoms with Crippen LogP contribution in [0.25, 0.3) is 0 Å². The van der Waals surface area contributed by atoms with Gasteiger partial charge in [-0.25, -0.2) is 0 Å². The summed E-state index contributed by atoms with van der Waals surface area (Å²) in [6.45, 7) is 2.75. The molecule has 0 spiro atoms. The van der Waals surface area contributed by atoms with Crippen LogP contribution in [0.1, 0.15) is 37.8 Å². The molecule has 0 saturated carbocycles. The summed E-state index contributed by atoms with van der Waals surface area (Å²) in [6, 6.07) is 13.7. The average molecular weight is 401 g/mol. The summed E-state index contributed by atoms with van der Waals surface area (Å²) < 4.78 is 16.5. The van der Waals surface area contributed by atoms with Crippen LogP contribution in [0.5, 0.6) is 17.2 Å². The van der Waals surface area contributed by atoms with E-state index >= 15 is 0 Å². The minimum atomic E-state index is -1.01. The third-order valence-electron chi connectivity index (χ3n) is 4.11. The number of para-hydroxylation sites is 1. The van der Waals surface area contributed by atoms with E-state index in [1.807, 2.05) is 25.1 Å². The third-order valence-corrected chi connectivity index (χ3v) is 4.11. The van der Waals surface area contributed by atoms with Crippen LogP contribution in [0.3, 0.4) is 0 Å². The number of benzene rings is 2. The van der Waals surface area contributed by atoms with Crippen LogP contribution in [0.15, 0.2) is 48.5 Å². The van der Waals surface area contributed by atoms with Gasteiger partial charge in [0.1, 0.15) is 5.75 Å². The van der Waals surface area contributed by atoms with E-state index in [0.717, 1.165) is 6.42 Å². The van der Waals surface area contributed by atoms with Crippen LogP contribution in [0.4, 0.5) is 0 Å². The van der Waals surface area contributed by atoms with Gasteiger partial charge in [0.05, 0.1) is 39.2 Å². The van der Waals surface area contributed by atoms with E-state index in [1.165, 1.54) is 7.11 Å². The molecule has 0 fully saturated rings. The summed E-state index contributed by atoms with van der Waals surface area (Å²) in [4.78, 5) is 23.6. The molecule has 29 heavy (non-hydrogen) atoms. The number of nitrogens with one attached hydrogen (secondary N) is 1. The van der Waals surface area contributed by atoms with Crippen LogP contribution in [0.2, 0.25) is 0 Å². The Morgan fingerprint density at radius 2 is 1.79 bits per heavy atom. The van der Waals surface area contributed by atoms with Crippen LogP contribution >= 0.6 is 0 Å². The Labute approximate surface area is 170 Å². The first kappa shape index (κ1) is 22.1. The van der Waals surface area contributed by atoms with Gasteiger partial charge in [-0.3, -0.25) is 9.59 Å². The lowest BCUT2D eigenvalue weighted by Gasteiger charge is -2.19. The van der Waals surface area contributed by atoms with Crippen molar-refractivity contribution in [2.75, 3.05) is 20.3 Å². The number of hydrogen-bond acceptors (Lipinski definition) is 5. The maximum absolute atomic E-state index is 12.3. The van der Waals surface area contributed by atoms with Crippen molar-refractivity contribution in [1.82, 2.24) is 5.32 Å². The quantitative estimate of drug-likeness (QED) is 0.565. The number of hydrogen-bond donors (Lipinski definition) is 2. The molecule has 7 nitrogen and oxygen atoms in total. The van der Waals surface area contributed by atoms with Gasteiger partial charge in [-0.2, -0.15) is 0 Å². The van der Waals surface area contributed by atoms with E-state index in [2.05, 4.69) is 5.32 Å². The highest BCUT2D eigenvalue weighted by Gasteiger charge is 2.20. The topological polar surface area (TPSA) is 94.1 Å². The normalized spacial score (nSPS) is 11.4. The lowest BCUT2D eigenvalue weighted by atomic mass is 10.0. The highest BCUT2D eigenvalue weighted by atomic mass is 16.5. The van der Waals surface area contributed by atoms with Gasteiger partial charge in [0.15, 0.2) is 11.5 Å². The van der Waals surface area contributed by atoms with Crippen molar-refractivity contribution >= 4 is 11.9 Å². The lowest BCUT2D eigenvalue weighted by molar-refractivity contribution is -0.137. The smallest absolute Gasteiger partial charge is 0.305 e. The molecule has 156 valence electrons. The Morgan fingerprint density at radius 3 is 2.45 bits per heavy atom. The van der Waals surface area contributed by atoms with Crippen LogP contribution in [0, 0.1) is 0 Å². The Morgan fingerprint density at radius 1 is 1.03 bits per heavy atom. The summed E-state index contributed by atoms with van der Waals surface area (Å²) in [7, 11) is 1.52. The molecule has 7 heteroatoms. The van der Waals surface area contributed by atoms with Crippen molar-refractivity contribution in [3.8, 4) is 17.2 Å². The minimum Gasteiger partial charge on any atom is -0.493 e. The van der Waals surface area contributed by atoms with Gasteiger partial charge in [-0.15, -0.1) is 0 Å². The van der Waals surface area contributed by atoms with E-state index in [9.17, 15) is 14.7 Å². The number of aliphatic carboxylic acids is 1. The Kier molecular flexibility index (Phi) is 8.82. The molecule has 1 unspecified atom stereocenters. The van der Waals surface area contributed by atoms with E-state index in [4.69, 9.17) is 14.2 Å². The molecule has 2 aromatic carbocycles. The molecule has 2 aromatic rings. The van der Waals surface area contributed by atoms with Crippen LogP contribution < -0.4 is 19.5 Å². The number of carboxylic acids is 1. The monoisotopic (exact) mass is 401 g/mol. The number of methoxy groups -OCH3 is 1. The second-order valence-electron chi connectivity index (χ2n) is 6.39. The van der Waals surface area contributed by atoms with E-state index in [-0.39, 0.29) is 25.4 Å². The molecule has 0 saturated heterocycles. The number of ether oxygens (including phenoxy) is 3. The Bertz CT molecular complexity index is 793. The largest absolute Gasteiger partial charge is 0.493 e. The number of amides is 1. The minimum absolute atomic E-state index is 0.111. The molecule has 0 aliphatic heterocycles. The molecule has 2 rings (SSSR count). The molecule has 1 atom stereocenters. The fourth-order valence-electron chi connectivity index (χ4n) is 2.70. The Hall–Kier alpha value is -3.22. The zero-order valence-electron chi connectivity index (χ0n) is 16.7. The van der Waals surface area contributed by atoms with Gasteiger partial charge < -0.3 is 24.6 Å². The summed E-state index contributed by atoms with van der Waals surface area (Å²) in [6.07, 6.45) is 0.719. The summed E-state index contributed by atoms with van der Waals surface area (Å²) in [5, 5.41) is 12.0. The zero-order valence-corrected chi connectivity index (χ0v) is 16.7. The van der Waals surface area contributed by atoms with Crippen molar-refractivity contribution in [1.29, 1.82) is 0 Å². The van der Waals surface area contributed by atoms with Crippen molar-refractivity contribution in [3.05, 3.63) is 54.1 Å². The Balaban J connectivity index is 2.02. The van der Waals surface area contributed by atoms with E-state index in [1.54, 1.807) is 30.3 Å². The second-order valence-corrected chi connectivity index (χ2v) is 6.39. The van der Waals surface area contributed by atoms with E-state index < -0.39 is 12.0 Å². The molecule has 0 aliphatic carbocycles. The maximum Gasteiger partial charge on any atom is 0.305 e. The number of rotatable bonds is 12. The fraction of sp³-hybridized carbons (Fsp3) is 0.364. The molecule has 0 aromatic heterocycles. The highest BCUT2D eigenvalue weighted by molar-refractivity contribution is 5.78. The molecule has 0 heterocycles. The van der Waals surface area contributed by atoms with Crippen LogP contribution in [-0.4, -0.2) is 37.3 Å². The highest BCUT2D eigenvalue weighted by Crippen LogP contribution is 2.31. The van der Waals surface area contributed by atoms with Crippen LogP contribution in [-0.2, 0) is 9.59 Å². The molecule has 2 N–H and O–H groups in total. The van der Waals surface area contributed by atoms with Crippen molar-refractivity contribution in [3.63, 3.8) is 0 Å². The summed E-state index contributed by atoms with van der Waals surface area (Å²) in [5.74, 6) is 0.441. The first-order valence-electron chi connectivity index (χ1n) is 9.53. The first-order chi connectivity index (χ1) is 14.0. The van der Waals surface area contributed by atoms with E-state index in [0.29, 0.717) is 29.4 Å². The van der Waals surface area contributed by atoms with Gasteiger partial charge in [0.2, 0.25) is 5.91 Å². The molecular formula is C22H27NO6. The van der Waals surface area contributed by atoms with Gasteiger partial charge >= 0.3 is 5.97 Å². The summed E-state index contributed by atoms with van der Waals surface area (Å²) in [5.41, 5.74) is 0.630. The molecule has 1 amide bonds. The van der Waals surface area contributed by atoms with Crippen molar-refractivity contribution in [2.24, 2.45) is 0 Å². The second kappa shape index (κ2) is 11.6. The number of carbonyl (C=O) groups excluding carboxylic acids is 1. The fourth-order valence-corrected chi connectivity index (χ4v) is 2.70. The number of carboxylic acid groups (broad SMARTS) is 1. The standard InChI is InChI=1S/C22H27NO6/c1-3-12-29-19-10-9-16(14-20(19)27-2)18(15-22(25)26)23-21(24)11-13-28-17-7-5-4-6-8-17/h4-10,14,18H,3,11-13,15H2,1-2H3,(H,23,24)(H,25,26). The maximum atomic E-state index is 12.3. The third kappa shape index (κ3) is 7.37. The molecular weight excluding hydrogens is 374 g/mol. The molecule has 0 radical (unpaired) electrons. The van der Waals surface area contributed by atoms with Gasteiger partial charge in [0.25, 0.3) is 0 Å².